The lowest BCUT2D eigenvalue weighted by Crippen LogP contribution is -2.44. The summed E-state index contributed by atoms with van der Waals surface area (Å²) in [6.45, 7) is 9.20. The summed E-state index contributed by atoms with van der Waals surface area (Å²) in [5.41, 5.74) is 7.83. The van der Waals surface area contributed by atoms with E-state index < -0.39 is 0 Å². The van der Waals surface area contributed by atoms with Gasteiger partial charge in [-0.25, -0.2) is 4.98 Å². The monoisotopic (exact) mass is 261 g/mol. The Morgan fingerprint density at radius 3 is 2.79 bits per heavy atom. The van der Waals surface area contributed by atoms with E-state index in [1.165, 1.54) is 0 Å². The molecule has 5 heteroatoms. The first-order chi connectivity index (χ1) is 8.93. The molecule has 0 aliphatic carbocycles. The number of aromatic nitrogens is 3. The van der Waals surface area contributed by atoms with E-state index in [0.717, 1.165) is 23.4 Å². The van der Waals surface area contributed by atoms with Crippen LogP contribution >= 0.6 is 0 Å². The highest BCUT2D eigenvalue weighted by molar-refractivity contribution is 5.52. The zero-order chi connectivity index (χ0) is 14.0. The first kappa shape index (κ1) is 13.8. The molecule has 1 unspecified atom stereocenters. The SMILES string of the molecule is Cc1cc(NC(C)(CN)CC(C)C)n2ncnc2c1. The predicted octanol–water partition coefficient (Wildman–Crippen LogP) is 2.21. The van der Waals surface area contributed by atoms with Crippen molar-refractivity contribution in [3.63, 3.8) is 0 Å². The second-order valence-electron chi connectivity index (χ2n) is 5.94. The van der Waals surface area contributed by atoms with Crippen molar-refractivity contribution in [2.75, 3.05) is 11.9 Å². The lowest BCUT2D eigenvalue weighted by atomic mass is 9.91. The average Bonchev–Trinajstić information content (AvgIpc) is 2.75. The summed E-state index contributed by atoms with van der Waals surface area (Å²) in [6.07, 6.45) is 2.58. The van der Waals surface area contributed by atoms with Crippen LogP contribution in [0.3, 0.4) is 0 Å². The number of rotatable bonds is 5. The molecule has 2 aromatic rings. The molecule has 2 heterocycles. The van der Waals surface area contributed by atoms with Gasteiger partial charge in [-0.1, -0.05) is 13.8 Å². The number of nitrogens with one attached hydrogen (secondary N) is 1. The average molecular weight is 261 g/mol. The van der Waals surface area contributed by atoms with E-state index in [4.69, 9.17) is 5.73 Å². The minimum atomic E-state index is -0.138. The van der Waals surface area contributed by atoms with Gasteiger partial charge in [0, 0.05) is 12.1 Å². The summed E-state index contributed by atoms with van der Waals surface area (Å²) < 4.78 is 1.82. The summed E-state index contributed by atoms with van der Waals surface area (Å²) >= 11 is 0. The number of nitrogens with two attached hydrogens (primary N) is 1. The van der Waals surface area contributed by atoms with Gasteiger partial charge >= 0.3 is 0 Å². The molecule has 2 aromatic heterocycles. The van der Waals surface area contributed by atoms with Crippen LogP contribution in [0.25, 0.3) is 5.65 Å². The van der Waals surface area contributed by atoms with Gasteiger partial charge < -0.3 is 11.1 Å². The van der Waals surface area contributed by atoms with Crippen molar-refractivity contribution >= 4 is 11.5 Å². The minimum absolute atomic E-state index is 0.138. The summed E-state index contributed by atoms with van der Waals surface area (Å²) in [7, 11) is 0. The molecule has 0 saturated carbocycles. The minimum Gasteiger partial charge on any atom is -0.364 e. The van der Waals surface area contributed by atoms with Crippen molar-refractivity contribution in [2.45, 2.75) is 39.7 Å². The van der Waals surface area contributed by atoms with E-state index in [-0.39, 0.29) is 5.54 Å². The quantitative estimate of drug-likeness (QED) is 0.866. The molecule has 0 amide bonds. The van der Waals surface area contributed by atoms with Gasteiger partial charge in [-0.05, 0) is 43.9 Å². The van der Waals surface area contributed by atoms with Gasteiger partial charge in [0.25, 0.3) is 0 Å². The third-order valence-electron chi connectivity index (χ3n) is 3.26. The Kier molecular flexibility index (Phi) is 3.75. The second kappa shape index (κ2) is 5.17. The highest BCUT2D eigenvalue weighted by atomic mass is 15.3. The van der Waals surface area contributed by atoms with Gasteiger partial charge in [-0.15, -0.1) is 0 Å². The van der Waals surface area contributed by atoms with E-state index >= 15 is 0 Å². The summed E-state index contributed by atoms with van der Waals surface area (Å²) in [5, 5.41) is 7.80. The second-order valence-corrected chi connectivity index (χ2v) is 5.94. The third-order valence-corrected chi connectivity index (χ3v) is 3.26. The normalized spacial score (nSPS) is 14.8. The van der Waals surface area contributed by atoms with Crippen molar-refractivity contribution in [2.24, 2.45) is 11.7 Å². The van der Waals surface area contributed by atoms with Gasteiger partial charge in [-0.3, -0.25) is 0 Å². The number of fused-ring (bicyclic) bond motifs is 1. The maximum Gasteiger partial charge on any atom is 0.157 e. The molecule has 104 valence electrons. The fourth-order valence-corrected chi connectivity index (χ4v) is 2.54. The highest BCUT2D eigenvalue weighted by Gasteiger charge is 2.24. The van der Waals surface area contributed by atoms with Gasteiger partial charge in [0.15, 0.2) is 5.65 Å². The number of hydrogen-bond acceptors (Lipinski definition) is 4. The van der Waals surface area contributed by atoms with Crippen LogP contribution in [0.5, 0.6) is 0 Å². The number of aryl methyl sites for hydroxylation is 1. The molecule has 1 atom stereocenters. The Bertz CT molecular complexity index is 560. The Morgan fingerprint density at radius 1 is 1.42 bits per heavy atom. The fourth-order valence-electron chi connectivity index (χ4n) is 2.54. The fraction of sp³-hybridized carbons (Fsp3) is 0.571. The topological polar surface area (TPSA) is 68.2 Å². The summed E-state index contributed by atoms with van der Waals surface area (Å²) in [4.78, 5) is 4.24. The van der Waals surface area contributed by atoms with Gasteiger partial charge in [-0.2, -0.15) is 9.61 Å². The van der Waals surface area contributed by atoms with Crippen LogP contribution in [0, 0.1) is 12.8 Å². The highest BCUT2D eigenvalue weighted by Crippen LogP contribution is 2.23. The molecule has 0 spiro atoms. The van der Waals surface area contributed by atoms with Crippen molar-refractivity contribution in [3.8, 4) is 0 Å². The molecule has 0 aromatic carbocycles. The third kappa shape index (κ3) is 3.04. The Morgan fingerprint density at radius 2 is 2.16 bits per heavy atom. The molecular formula is C14H23N5. The number of pyridine rings is 1. The van der Waals surface area contributed by atoms with E-state index in [1.54, 1.807) is 6.33 Å². The molecule has 0 bridgehead atoms. The standard InChI is InChI=1S/C14H23N5/c1-10(2)7-14(4,8-15)18-13-6-11(3)5-12-16-9-17-19(12)13/h5-6,9-10,18H,7-8,15H2,1-4H3. The molecule has 19 heavy (non-hydrogen) atoms. The van der Waals surface area contributed by atoms with Crippen LogP contribution in [-0.2, 0) is 0 Å². The van der Waals surface area contributed by atoms with E-state index in [2.05, 4.69) is 49.2 Å². The molecule has 5 nitrogen and oxygen atoms in total. The molecule has 0 saturated heterocycles. The van der Waals surface area contributed by atoms with Crippen molar-refractivity contribution < 1.29 is 0 Å². The molecule has 2 rings (SSSR count). The predicted molar refractivity (Wildman–Crippen MR) is 78.3 cm³/mol. The molecular weight excluding hydrogens is 238 g/mol. The molecule has 0 radical (unpaired) electrons. The van der Waals surface area contributed by atoms with Crippen molar-refractivity contribution in [1.82, 2.24) is 14.6 Å². The van der Waals surface area contributed by atoms with Gasteiger partial charge in [0.2, 0.25) is 0 Å². The number of anilines is 1. The zero-order valence-corrected chi connectivity index (χ0v) is 12.1. The van der Waals surface area contributed by atoms with E-state index in [1.807, 2.05) is 10.6 Å². The summed E-state index contributed by atoms with van der Waals surface area (Å²) in [5.74, 6) is 1.53. The van der Waals surface area contributed by atoms with Gasteiger partial charge in [0.1, 0.15) is 12.1 Å². The number of nitrogens with zero attached hydrogens (tertiary/aromatic N) is 3. The van der Waals surface area contributed by atoms with Crippen molar-refractivity contribution in [1.29, 1.82) is 0 Å². The first-order valence-corrected chi connectivity index (χ1v) is 6.72. The molecule has 0 fully saturated rings. The van der Waals surface area contributed by atoms with Crippen LogP contribution in [0.4, 0.5) is 5.82 Å². The van der Waals surface area contributed by atoms with Crippen molar-refractivity contribution in [3.05, 3.63) is 24.0 Å². The van der Waals surface area contributed by atoms with E-state index in [0.29, 0.717) is 12.5 Å². The van der Waals surface area contributed by atoms with Crippen LogP contribution < -0.4 is 11.1 Å². The molecule has 3 N–H and O–H groups in total. The lowest BCUT2D eigenvalue weighted by Gasteiger charge is -2.32. The maximum absolute atomic E-state index is 5.95. The van der Waals surface area contributed by atoms with E-state index in [9.17, 15) is 0 Å². The number of hydrogen-bond donors (Lipinski definition) is 2. The zero-order valence-electron chi connectivity index (χ0n) is 12.1. The summed E-state index contributed by atoms with van der Waals surface area (Å²) in [6, 6.07) is 4.09. The Labute approximate surface area is 114 Å². The van der Waals surface area contributed by atoms with Crippen LogP contribution in [0.15, 0.2) is 18.5 Å². The first-order valence-electron chi connectivity index (χ1n) is 6.72. The van der Waals surface area contributed by atoms with Crippen LogP contribution in [0.2, 0.25) is 0 Å². The smallest absolute Gasteiger partial charge is 0.157 e. The largest absolute Gasteiger partial charge is 0.364 e. The molecule has 0 aliphatic rings. The maximum atomic E-state index is 5.95. The van der Waals surface area contributed by atoms with Crippen LogP contribution in [-0.4, -0.2) is 26.7 Å². The van der Waals surface area contributed by atoms with Crippen LogP contribution in [0.1, 0.15) is 32.8 Å². The van der Waals surface area contributed by atoms with Gasteiger partial charge in [0.05, 0.1) is 0 Å². The Balaban J connectivity index is 2.36. The molecule has 0 aliphatic heterocycles. The Hall–Kier alpha value is -1.62. The lowest BCUT2D eigenvalue weighted by molar-refractivity contribution is 0.405.